The smallest absolute Gasteiger partial charge is 0.305 e. The van der Waals surface area contributed by atoms with Crippen molar-refractivity contribution < 1.29 is 27.9 Å². The van der Waals surface area contributed by atoms with E-state index in [2.05, 4.69) is 4.72 Å². The van der Waals surface area contributed by atoms with E-state index in [1.807, 2.05) is 0 Å². The molecule has 0 aliphatic heterocycles. The second kappa shape index (κ2) is 8.82. The number of ether oxygens (including phenoxy) is 1. The van der Waals surface area contributed by atoms with Gasteiger partial charge in [0.2, 0.25) is 15.9 Å². The molecule has 0 fully saturated rings. The Kier molecular flexibility index (Phi) is 7.38. The van der Waals surface area contributed by atoms with Crippen LogP contribution in [0.25, 0.3) is 0 Å². The highest BCUT2D eigenvalue weighted by Gasteiger charge is 2.30. The van der Waals surface area contributed by atoms with Gasteiger partial charge in [0.1, 0.15) is 11.8 Å². The molecule has 0 radical (unpaired) electrons. The molecule has 0 saturated heterocycles. The fourth-order valence-electron chi connectivity index (χ4n) is 2.07. The van der Waals surface area contributed by atoms with Crippen LogP contribution in [-0.2, 0) is 19.6 Å². The third kappa shape index (κ3) is 6.02. The normalized spacial score (nSPS) is 12.7. The molecule has 0 saturated carbocycles. The first-order valence-electron chi connectivity index (χ1n) is 7.71. The van der Waals surface area contributed by atoms with E-state index in [9.17, 15) is 18.0 Å². The predicted molar refractivity (Wildman–Crippen MR) is 91.8 cm³/mol. The van der Waals surface area contributed by atoms with E-state index in [4.69, 9.17) is 9.84 Å². The van der Waals surface area contributed by atoms with Gasteiger partial charge < -0.3 is 14.7 Å². The number of carbonyl (C=O) groups is 2. The van der Waals surface area contributed by atoms with E-state index < -0.39 is 27.9 Å². The largest absolute Gasteiger partial charge is 0.497 e. The Morgan fingerprint density at radius 3 is 2.24 bits per heavy atom. The van der Waals surface area contributed by atoms with Gasteiger partial charge in [-0.3, -0.25) is 9.59 Å². The van der Waals surface area contributed by atoms with Crippen molar-refractivity contribution in [2.75, 3.05) is 20.7 Å². The summed E-state index contributed by atoms with van der Waals surface area (Å²) in [6.45, 7) is 3.43. The maximum Gasteiger partial charge on any atom is 0.305 e. The number of sulfonamides is 1. The molecule has 1 rings (SSSR count). The van der Waals surface area contributed by atoms with E-state index in [-0.39, 0.29) is 23.8 Å². The monoisotopic (exact) mass is 372 g/mol. The number of hydrogen-bond donors (Lipinski definition) is 2. The molecule has 0 unspecified atom stereocenters. The number of methoxy groups -OCH3 is 1. The molecule has 1 aromatic carbocycles. The van der Waals surface area contributed by atoms with Crippen LogP contribution in [0.15, 0.2) is 29.2 Å². The lowest BCUT2D eigenvalue weighted by Gasteiger charge is -2.26. The Labute approximate surface area is 147 Å². The van der Waals surface area contributed by atoms with Crippen molar-refractivity contribution in [1.29, 1.82) is 0 Å². The Hall–Kier alpha value is -2.13. The molecule has 8 nitrogen and oxygen atoms in total. The highest BCUT2D eigenvalue weighted by Crippen LogP contribution is 2.17. The molecule has 0 aliphatic carbocycles. The van der Waals surface area contributed by atoms with Gasteiger partial charge in [0.15, 0.2) is 0 Å². The molecule has 0 aromatic heterocycles. The highest BCUT2D eigenvalue weighted by atomic mass is 32.2. The Balaban J connectivity index is 2.95. The zero-order valence-corrected chi connectivity index (χ0v) is 15.5. The van der Waals surface area contributed by atoms with E-state index in [0.29, 0.717) is 5.75 Å². The molecular weight excluding hydrogens is 348 g/mol. The van der Waals surface area contributed by atoms with E-state index >= 15 is 0 Å². The van der Waals surface area contributed by atoms with Crippen LogP contribution in [0, 0.1) is 5.92 Å². The fraction of sp³-hybridized carbons (Fsp3) is 0.500. The number of likely N-dealkylation sites (N-methyl/N-ethyl adjacent to an activating group) is 1. The van der Waals surface area contributed by atoms with Crippen molar-refractivity contribution in [2.24, 2.45) is 5.92 Å². The van der Waals surface area contributed by atoms with Gasteiger partial charge in [-0.1, -0.05) is 13.8 Å². The number of benzene rings is 1. The van der Waals surface area contributed by atoms with Gasteiger partial charge >= 0.3 is 5.97 Å². The van der Waals surface area contributed by atoms with Crippen LogP contribution in [0.3, 0.4) is 0 Å². The van der Waals surface area contributed by atoms with Crippen LogP contribution in [0.5, 0.6) is 5.75 Å². The molecule has 2 N–H and O–H groups in total. The first-order chi connectivity index (χ1) is 11.6. The third-order valence-electron chi connectivity index (χ3n) is 3.62. The molecule has 25 heavy (non-hydrogen) atoms. The van der Waals surface area contributed by atoms with Crippen molar-refractivity contribution in [3.63, 3.8) is 0 Å². The lowest BCUT2D eigenvalue weighted by molar-refractivity contribution is -0.138. The number of rotatable bonds is 9. The fourth-order valence-corrected chi connectivity index (χ4v) is 3.41. The summed E-state index contributed by atoms with van der Waals surface area (Å²) in [7, 11) is -0.988. The SMILES string of the molecule is COc1ccc(S(=O)(=O)N[C@H](C(=O)N(C)CCC(=O)O)C(C)C)cc1. The van der Waals surface area contributed by atoms with Crippen LogP contribution in [-0.4, -0.2) is 57.0 Å². The van der Waals surface area contributed by atoms with Gasteiger partial charge in [-0.2, -0.15) is 4.72 Å². The minimum Gasteiger partial charge on any atom is -0.497 e. The Morgan fingerprint density at radius 1 is 1.24 bits per heavy atom. The van der Waals surface area contributed by atoms with Crippen molar-refractivity contribution >= 4 is 21.9 Å². The Bertz CT molecular complexity index is 700. The summed E-state index contributed by atoms with van der Waals surface area (Å²) in [5.74, 6) is -1.30. The van der Waals surface area contributed by atoms with Gasteiger partial charge in [-0.25, -0.2) is 8.42 Å². The first kappa shape index (κ1) is 20.9. The minimum atomic E-state index is -3.91. The number of nitrogens with zero attached hydrogens (tertiary/aromatic N) is 1. The number of carboxylic acids is 1. The molecule has 1 atom stereocenters. The lowest BCUT2D eigenvalue weighted by Crippen LogP contribution is -2.50. The highest BCUT2D eigenvalue weighted by molar-refractivity contribution is 7.89. The quantitative estimate of drug-likeness (QED) is 0.667. The molecule has 140 valence electrons. The van der Waals surface area contributed by atoms with Gasteiger partial charge in [0.05, 0.1) is 18.4 Å². The predicted octanol–water partition coefficient (Wildman–Crippen LogP) is 0.931. The van der Waals surface area contributed by atoms with Crippen molar-refractivity contribution in [3.05, 3.63) is 24.3 Å². The summed E-state index contributed by atoms with van der Waals surface area (Å²) in [5.41, 5.74) is 0. The van der Waals surface area contributed by atoms with Gasteiger partial charge in [0.25, 0.3) is 0 Å². The first-order valence-corrected chi connectivity index (χ1v) is 9.20. The van der Waals surface area contributed by atoms with E-state index in [1.165, 1.54) is 43.3 Å². The topological polar surface area (TPSA) is 113 Å². The van der Waals surface area contributed by atoms with Crippen molar-refractivity contribution in [1.82, 2.24) is 9.62 Å². The zero-order valence-electron chi connectivity index (χ0n) is 14.7. The van der Waals surface area contributed by atoms with Gasteiger partial charge in [-0.05, 0) is 30.2 Å². The summed E-state index contributed by atoms with van der Waals surface area (Å²) in [4.78, 5) is 24.4. The van der Waals surface area contributed by atoms with Crippen LogP contribution < -0.4 is 9.46 Å². The maximum atomic E-state index is 12.5. The second-order valence-corrected chi connectivity index (χ2v) is 7.64. The zero-order chi connectivity index (χ0) is 19.2. The number of aliphatic carboxylic acids is 1. The van der Waals surface area contributed by atoms with Crippen LogP contribution in [0.2, 0.25) is 0 Å². The number of amides is 1. The standard InChI is InChI=1S/C16H24N2O6S/c1-11(2)15(16(21)18(3)10-9-14(19)20)17-25(22,23)13-7-5-12(24-4)6-8-13/h5-8,11,15,17H,9-10H2,1-4H3,(H,19,20)/t15-/m0/s1. The molecule has 9 heteroatoms. The van der Waals surface area contributed by atoms with E-state index in [1.54, 1.807) is 13.8 Å². The molecule has 1 aromatic rings. The van der Waals surface area contributed by atoms with Gasteiger partial charge in [0, 0.05) is 13.6 Å². The van der Waals surface area contributed by atoms with Crippen LogP contribution >= 0.6 is 0 Å². The molecule has 0 aliphatic rings. The second-order valence-electron chi connectivity index (χ2n) is 5.92. The van der Waals surface area contributed by atoms with Crippen LogP contribution in [0.1, 0.15) is 20.3 Å². The Morgan fingerprint density at radius 2 is 1.80 bits per heavy atom. The number of carboxylic acid groups (broad SMARTS) is 1. The summed E-state index contributed by atoms with van der Waals surface area (Å²) < 4.78 is 32.4. The molecule has 0 spiro atoms. The van der Waals surface area contributed by atoms with Crippen LogP contribution in [0.4, 0.5) is 0 Å². The molecule has 0 bridgehead atoms. The molecule has 1 amide bonds. The third-order valence-corrected chi connectivity index (χ3v) is 5.08. The summed E-state index contributed by atoms with van der Waals surface area (Å²) in [5, 5.41) is 8.71. The van der Waals surface area contributed by atoms with Crippen molar-refractivity contribution in [3.8, 4) is 5.75 Å². The average molecular weight is 372 g/mol. The average Bonchev–Trinajstić information content (AvgIpc) is 2.56. The minimum absolute atomic E-state index is 0.00164. The lowest BCUT2D eigenvalue weighted by atomic mass is 10.0. The van der Waals surface area contributed by atoms with Gasteiger partial charge in [-0.15, -0.1) is 0 Å². The van der Waals surface area contributed by atoms with E-state index in [0.717, 1.165) is 0 Å². The number of nitrogens with one attached hydrogen (secondary N) is 1. The summed E-state index contributed by atoms with van der Waals surface area (Å²) >= 11 is 0. The molecule has 0 heterocycles. The summed E-state index contributed by atoms with van der Waals surface area (Å²) in [6.07, 6.45) is -0.210. The maximum absolute atomic E-state index is 12.5. The molecular formula is C16H24N2O6S. The number of hydrogen-bond acceptors (Lipinski definition) is 5. The summed E-state index contributed by atoms with van der Waals surface area (Å²) in [6, 6.07) is 4.80. The number of carbonyl (C=O) groups excluding carboxylic acids is 1. The van der Waals surface area contributed by atoms with Crippen molar-refractivity contribution in [2.45, 2.75) is 31.2 Å².